The Hall–Kier alpha value is -3.16. The number of ketones is 4. The summed E-state index contributed by atoms with van der Waals surface area (Å²) >= 11 is 0. The van der Waals surface area contributed by atoms with Gasteiger partial charge in [-0.2, -0.15) is 13.2 Å². The van der Waals surface area contributed by atoms with E-state index in [1.165, 1.54) is 19.0 Å². The summed E-state index contributed by atoms with van der Waals surface area (Å²) < 4.78 is 43.3. The SMILES string of the molecule is CC(C)CNCc1cc(O)c2c(c1C(F)(F)F)C[C@H]1C[C@H]3[C@H](N(C)C)C(=O)C(C(N)=O)C(=O)[C@@]3(O)C(=O)C1C2=O. The van der Waals surface area contributed by atoms with Crippen molar-refractivity contribution < 1.29 is 47.4 Å². The summed E-state index contributed by atoms with van der Waals surface area (Å²) in [5.41, 5.74) is -0.197. The number of primary amides is 1. The molecule has 0 bridgehead atoms. The van der Waals surface area contributed by atoms with Crippen molar-refractivity contribution in [3.05, 3.63) is 28.3 Å². The molecule has 1 aromatic rings. The monoisotopic (exact) mass is 567 g/mol. The van der Waals surface area contributed by atoms with Gasteiger partial charge in [-0.1, -0.05) is 13.8 Å². The summed E-state index contributed by atoms with van der Waals surface area (Å²) in [5, 5.41) is 25.2. The number of nitrogens with one attached hydrogen (secondary N) is 1. The molecule has 10 nitrogen and oxygen atoms in total. The molecule has 2 saturated carbocycles. The molecule has 0 spiro atoms. The Morgan fingerprint density at radius 3 is 2.35 bits per heavy atom. The number of alkyl halides is 3. The van der Waals surface area contributed by atoms with E-state index >= 15 is 0 Å². The lowest BCUT2D eigenvalue weighted by atomic mass is 9.52. The van der Waals surface area contributed by atoms with Crippen molar-refractivity contribution in [3.63, 3.8) is 0 Å². The molecular formula is C27H32F3N3O7. The molecule has 2 fully saturated rings. The van der Waals surface area contributed by atoms with Gasteiger partial charge in [0.15, 0.2) is 34.7 Å². The minimum Gasteiger partial charge on any atom is -0.507 e. The number of carbonyl (C=O) groups excluding carboxylic acids is 5. The zero-order chi connectivity index (χ0) is 30.1. The fraction of sp³-hybridized carbons (Fsp3) is 0.593. The lowest BCUT2D eigenvalue weighted by Gasteiger charge is -2.52. The first kappa shape index (κ1) is 29.8. The van der Waals surface area contributed by atoms with E-state index in [1.807, 2.05) is 13.8 Å². The molecule has 13 heteroatoms. The summed E-state index contributed by atoms with van der Waals surface area (Å²) in [6.45, 7) is 3.90. The van der Waals surface area contributed by atoms with Gasteiger partial charge in [0.1, 0.15) is 5.75 Å². The van der Waals surface area contributed by atoms with Gasteiger partial charge in [-0.05, 0) is 62.5 Å². The van der Waals surface area contributed by atoms with Gasteiger partial charge in [-0.15, -0.1) is 0 Å². The summed E-state index contributed by atoms with van der Waals surface area (Å²) in [5.74, 6) is -13.3. The van der Waals surface area contributed by atoms with Crippen LogP contribution in [0.5, 0.6) is 5.75 Å². The van der Waals surface area contributed by atoms with Gasteiger partial charge >= 0.3 is 6.18 Å². The Labute approximate surface area is 228 Å². The number of nitrogens with zero attached hydrogens (tertiary/aromatic N) is 1. The van der Waals surface area contributed by atoms with Crippen LogP contribution in [0.25, 0.3) is 0 Å². The third-order valence-electron chi connectivity index (χ3n) is 8.30. The molecule has 3 aliphatic rings. The lowest BCUT2D eigenvalue weighted by Crippen LogP contribution is -2.74. The maximum atomic E-state index is 14.4. The molecule has 4 rings (SSSR count). The van der Waals surface area contributed by atoms with Crippen LogP contribution < -0.4 is 11.1 Å². The summed E-state index contributed by atoms with van der Waals surface area (Å²) in [4.78, 5) is 67.1. The van der Waals surface area contributed by atoms with Crippen molar-refractivity contribution in [3.8, 4) is 5.75 Å². The fourth-order valence-corrected chi connectivity index (χ4v) is 6.73. The van der Waals surface area contributed by atoms with Crippen LogP contribution in [-0.4, -0.2) is 76.4 Å². The predicted octanol–water partition coefficient (Wildman–Crippen LogP) is 0.631. The van der Waals surface area contributed by atoms with Gasteiger partial charge in [-0.3, -0.25) is 28.9 Å². The number of aliphatic hydroxyl groups is 1. The smallest absolute Gasteiger partial charge is 0.417 e. The maximum Gasteiger partial charge on any atom is 0.417 e. The van der Waals surface area contributed by atoms with Crippen molar-refractivity contribution in [1.29, 1.82) is 0 Å². The number of rotatable bonds is 6. The van der Waals surface area contributed by atoms with Crippen molar-refractivity contribution in [2.24, 2.45) is 35.3 Å². The molecule has 0 aromatic heterocycles. The average Bonchev–Trinajstić information content (AvgIpc) is 2.79. The van der Waals surface area contributed by atoms with Crippen molar-refractivity contribution >= 4 is 29.0 Å². The summed E-state index contributed by atoms with van der Waals surface area (Å²) in [7, 11) is 2.84. The molecule has 40 heavy (non-hydrogen) atoms. The Morgan fingerprint density at radius 2 is 1.82 bits per heavy atom. The number of benzene rings is 1. The van der Waals surface area contributed by atoms with E-state index < -0.39 is 99.4 Å². The van der Waals surface area contributed by atoms with E-state index in [2.05, 4.69) is 5.32 Å². The number of hydrogen-bond donors (Lipinski definition) is 4. The number of carbonyl (C=O) groups is 5. The molecule has 0 aliphatic heterocycles. The number of halogens is 3. The van der Waals surface area contributed by atoms with Gasteiger partial charge < -0.3 is 21.3 Å². The lowest BCUT2D eigenvalue weighted by molar-refractivity contribution is -0.181. The second-order valence-electron chi connectivity index (χ2n) is 11.6. The molecule has 1 aromatic carbocycles. The number of likely N-dealkylation sites (N-methyl/N-ethyl adjacent to an activating group) is 1. The maximum absolute atomic E-state index is 14.4. The number of Topliss-reactive ketones (excluding diaryl/α,β-unsaturated/α-hetero) is 4. The third-order valence-corrected chi connectivity index (χ3v) is 8.30. The zero-order valence-corrected chi connectivity index (χ0v) is 22.5. The largest absolute Gasteiger partial charge is 0.507 e. The minimum absolute atomic E-state index is 0.134. The van der Waals surface area contributed by atoms with E-state index in [0.717, 1.165) is 6.07 Å². The van der Waals surface area contributed by atoms with E-state index in [9.17, 15) is 47.4 Å². The highest BCUT2D eigenvalue weighted by Crippen LogP contribution is 2.52. The first-order valence-corrected chi connectivity index (χ1v) is 12.9. The second-order valence-corrected chi connectivity index (χ2v) is 11.6. The molecule has 218 valence electrons. The Kier molecular flexibility index (Phi) is 7.48. The van der Waals surface area contributed by atoms with Gasteiger partial charge in [-0.25, -0.2) is 0 Å². The first-order valence-electron chi connectivity index (χ1n) is 12.9. The van der Waals surface area contributed by atoms with Crippen LogP contribution >= 0.6 is 0 Å². The van der Waals surface area contributed by atoms with Crippen LogP contribution in [0, 0.1) is 29.6 Å². The number of hydrogen-bond acceptors (Lipinski definition) is 9. The van der Waals surface area contributed by atoms with Crippen LogP contribution in [0.4, 0.5) is 13.2 Å². The molecular weight excluding hydrogens is 535 g/mol. The summed E-state index contributed by atoms with van der Waals surface area (Å²) in [6, 6.07) is -0.503. The number of fused-ring (bicyclic) bond motifs is 3. The Morgan fingerprint density at radius 1 is 1.20 bits per heavy atom. The first-order chi connectivity index (χ1) is 18.4. The van der Waals surface area contributed by atoms with Crippen LogP contribution in [0.15, 0.2) is 6.07 Å². The Balaban J connectivity index is 1.87. The average molecular weight is 568 g/mol. The predicted molar refractivity (Wildman–Crippen MR) is 133 cm³/mol. The summed E-state index contributed by atoms with van der Waals surface area (Å²) in [6.07, 6.45) is -5.71. The second kappa shape index (κ2) is 10.0. The van der Waals surface area contributed by atoms with E-state index in [4.69, 9.17) is 5.73 Å². The number of nitrogens with two attached hydrogens (primary N) is 1. The van der Waals surface area contributed by atoms with E-state index in [-0.39, 0.29) is 24.4 Å². The van der Waals surface area contributed by atoms with Gasteiger partial charge in [0, 0.05) is 12.5 Å². The van der Waals surface area contributed by atoms with Crippen LogP contribution in [0.3, 0.4) is 0 Å². The molecule has 3 aliphatic carbocycles. The normalized spacial score (nSPS) is 30.4. The topological polar surface area (TPSA) is 167 Å². The standard InChI is InChI=1S/C27H32F3N3O7/c1-10(2)8-32-9-12-7-15(34)17-13(19(12)27(28,29)30)5-11-6-14-20(33(3)4)22(36)18(25(31)39)24(38)26(14,40)23(37)16(11)21(17)35/h7,10-11,14,16,18,20,32,34,40H,5-6,8-9H2,1-4H3,(H2,31,39)/t11-,14-,16?,18?,20-,26-/m0/s1. The van der Waals surface area contributed by atoms with Gasteiger partial charge in [0.2, 0.25) is 5.91 Å². The number of amides is 1. The molecule has 0 saturated heterocycles. The highest BCUT2D eigenvalue weighted by molar-refractivity contribution is 6.32. The highest BCUT2D eigenvalue weighted by Gasteiger charge is 2.69. The van der Waals surface area contributed by atoms with Crippen molar-refractivity contribution in [2.45, 2.75) is 51.1 Å². The molecule has 2 unspecified atom stereocenters. The zero-order valence-electron chi connectivity index (χ0n) is 22.5. The van der Waals surface area contributed by atoms with Gasteiger partial charge in [0.25, 0.3) is 0 Å². The van der Waals surface area contributed by atoms with Crippen LogP contribution in [0.2, 0.25) is 0 Å². The van der Waals surface area contributed by atoms with E-state index in [0.29, 0.717) is 6.54 Å². The van der Waals surface area contributed by atoms with Crippen molar-refractivity contribution in [2.75, 3.05) is 20.6 Å². The quantitative estimate of drug-likeness (QED) is 0.361. The van der Waals surface area contributed by atoms with E-state index in [1.54, 1.807) is 0 Å². The fourth-order valence-electron chi connectivity index (χ4n) is 6.73. The van der Waals surface area contributed by atoms with Crippen molar-refractivity contribution in [1.82, 2.24) is 10.2 Å². The molecule has 6 atom stereocenters. The van der Waals surface area contributed by atoms with Crippen LogP contribution in [0.1, 0.15) is 47.3 Å². The number of phenols is 1. The Bertz CT molecular complexity index is 1310. The number of phenolic OH excluding ortho intramolecular Hbond substituents is 1. The highest BCUT2D eigenvalue weighted by atomic mass is 19.4. The number of aromatic hydroxyl groups is 1. The molecule has 0 heterocycles. The minimum atomic E-state index is -4.91. The third kappa shape index (κ3) is 4.44. The molecule has 5 N–H and O–H groups in total. The van der Waals surface area contributed by atoms with Gasteiger partial charge in [0.05, 0.1) is 23.1 Å². The van der Waals surface area contributed by atoms with Crippen LogP contribution in [-0.2, 0) is 38.3 Å². The molecule has 1 amide bonds. The molecule has 0 radical (unpaired) electrons.